The van der Waals surface area contributed by atoms with E-state index in [-0.39, 0.29) is 5.41 Å². The van der Waals surface area contributed by atoms with Gasteiger partial charge >= 0.3 is 0 Å². The topological polar surface area (TPSA) is 35.9 Å². The Kier molecular flexibility index (Phi) is 9.34. The molecule has 0 aliphatic carbocycles. The lowest BCUT2D eigenvalue weighted by Crippen LogP contribution is -2.32. The molecule has 0 saturated heterocycles. The van der Waals surface area contributed by atoms with Crippen molar-refractivity contribution in [2.24, 2.45) is 0 Å². The van der Waals surface area contributed by atoms with Gasteiger partial charge < -0.3 is 4.74 Å². The summed E-state index contributed by atoms with van der Waals surface area (Å²) in [6.07, 6.45) is 5.86. The van der Waals surface area contributed by atoms with E-state index in [2.05, 4.69) is 253 Å². The minimum Gasteiger partial charge on any atom is -0.458 e. The average molecular weight is 887 g/mol. The predicted octanol–water partition coefficient (Wildman–Crippen LogP) is 15.9. The maximum absolute atomic E-state index is 6.92. The van der Waals surface area contributed by atoms with Gasteiger partial charge in [-0.3, -0.25) is 13.7 Å². The zero-order valence-electron chi connectivity index (χ0n) is 38.6. The molecule has 0 N–H and O–H groups in total. The van der Waals surface area contributed by atoms with Crippen LogP contribution in [0.4, 0.5) is 0 Å². The van der Waals surface area contributed by atoms with Crippen LogP contribution in [-0.2, 0) is 5.41 Å². The normalized spacial score (nSPS) is 12.0. The van der Waals surface area contributed by atoms with Gasteiger partial charge in [0.1, 0.15) is 17.3 Å². The molecule has 5 nitrogen and oxygen atoms in total. The molecule has 0 radical (unpaired) electrons. The summed E-state index contributed by atoms with van der Waals surface area (Å²) < 4.78 is 13.7. The predicted molar refractivity (Wildman–Crippen MR) is 282 cm³/mol. The molecule has 0 saturated carbocycles. The molecule has 4 heterocycles. The van der Waals surface area contributed by atoms with Crippen molar-refractivity contribution in [3.05, 3.63) is 236 Å². The van der Waals surface area contributed by atoms with Crippen LogP contribution in [0.2, 0.25) is 0 Å². The van der Waals surface area contributed by atoms with Crippen LogP contribution in [-0.4, -0.2) is 14.1 Å². The molecule has 0 fully saturated rings. The van der Waals surface area contributed by atoms with Gasteiger partial charge in [-0.1, -0.05) is 185 Å². The van der Waals surface area contributed by atoms with Gasteiger partial charge in [0.15, 0.2) is 0 Å². The highest BCUT2D eigenvalue weighted by molar-refractivity contribution is 6.16. The van der Waals surface area contributed by atoms with E-state index >= 15 is 0 Å². The summed E-state index contributed by atoms with van der Waals surface area (Å²) in [5.74, 6) is 2.32. The average Bonchev–Trinajstić information content (AvgIpc) is 3.96. The molecule has 69 heavy (non-hydrogen) atoms. The second-order valence-corrected chi connectivity index (χ2v) is 18.9. The number of aromatic nitrogens is 4. The zero-order chi connectivity index (χ0) is 46.2. The molecule has 9 aromatic carbocycles. The number of rotatable bonds is 6. The second kappa shape index (κ2) is 15.9. The van der Waals surface area contributed by atoms with E-state index < -0.39 is 0 Å². The van der Waals surface area contributed by atoms with E-state index in [9.17, 15) is 0 Å². The fourth-order valence-corrected chi connectivity index (χ4v) is 10.5. The minimum absolute atomic E-state index is 0.0484. The van der Waals surface area contributed by atoms with Crippen LogP contribution in [0.3, 0.4) is 0 Å². The largest absolute Gasteiger partial charge is 0.458 e. The molecule has 12 aromatic rings. The summed E-state index contributed by atoms with van der Waals surface area (Å²) in [5.41, 5.74) is 19.0. The van der Waals surface area contributed by atoms with Crippen LogP contribution in [0.15, 0.2) is 225 Å². The number of hydrogen-bond donors (Lipinski definition) is 0. The van der Waals surface area contributed by atoms with Crippen molar-refractivity contribution in [3.8, 4) is 84.3 Å². The summed E-state index contributed by atoms with van der Waals surface area (Å²) >= 11 is 0. The number of benzene rings is 9. The lowest BCUT2D eigenvalue weighted by Gasteiger charge is -2.20. The molecule has 1 aliphatic heterocycles. The molecule has 0 bridgehead atoms. The first-order chi connectivity index (χ1) is 33.9. The number of pyridine rings is 1. The van der Waals surface area contributed by atoms with Gasteiger partial charge in [-0.05, 0) is 115 Å². The van der Waals surface area contributed by atoms with E-state index in [0.717, 1.165) is 78.4 Å². The van der Waals surface area contributed by atoms with Gasteiger partial charge in [0.2, 0.25) is 0 Å². The third-order valence-electron chi connectivity index (χ3n) is 13.7. The molecule has 3 aromatic heterocycles. The van der Waals surface area contributed by atoms with Crippen LogP contribution >= 0.6 is 0 Å². The Hall–Kier alpha value is -8.80. The third-order valence-corrected chi connectivity index (χ3v) is 13.7. The third kappa shape index (κ3) is 6.69. The molecule has 0 amide bonds. The lowest BCUT2D eigenvalue weighted by atomic mass is 9.88. The smallest absolute Gasteiger partial charge is 0.269 e. The van der Waals surface area contributed by atoms with Gasteiger partial charge in [-0.15, -0.1) is 0 Å². The molecular formula is C64H46N4O. The van der Waals surface area contributed by atoms with Crippen molar-refractivity contribution in [1.29, 1.82) is 0 Å². The van der Waals surface area contributed by atoms with Gasteiger partial charge in [-0.2, -0.15) is 0 Å². The molecule has 0 unspecified atom stereocenters. The Morgan fingerprint density at radius 2 is 1.03 bits per heavy atom. The summed E-state index contributed by atoms with van der Waals surface area (Å²) in [7, 11) is 0. The SMILES string of the molecule is CC(C)(C)c1ccnc(-n2c3cc(Oc4cccc(-n5[c-][n+]6c7c(cccc75)-c5ccccc5-c5ccccc5-c5cccc(-c7ccccc7)c5-6)c4)ccc3c3c(-c4ccccc4)cccc32)c1. The summed E-state index contributed by atoms with van der Waals surface area (Å²) in [4.78, 5) is 4.99. The Balaban J connectivity index is 0.989. The fourth-order valence-electron chi connectivity index (χ4n) is 10.5. The first-order valence-corrected chi connectivity index (χ1v) is 23.6. The molecule has 0 spiro atoms. The van der Waals surface area contributed by atoms with Crippen LogP contribution in [0.5, 0.6) is 11.5 Å². The number of hydrogen-bond acceptors (Lipinski definition) is 2. The maximum Gasteiger partial charge on any atom is 0.269 e. The maximum atomic E-state index is 6.92. The van der Waals surface area contributed by atoms with Gasteiger partial charge in [-0.25, -0.2) is 4.98 Å². The Morgan fingerprint density at radius 1 is 0.464 bits per heavy atom. The lowest BCUT2D eigenvalue weighted by molar-refractivity contribution is -0.570. The highest BCUT2D eigenvalue weighted by atomic mass is 16.5. The van der Waals surface area contributed by atoms with Crippen LogP contribution in [0, 0.1) is 6.33 Å². The molecule has 328 valence electrons. The van der Waals surface area contributed by atoms with E-state index in [1.54, 1.807) is 0 Å². The van der Waals surface area contributed by atoms with Gasteiger partial charge in [0, 0.05) is 23.0 Å². The van der Waals surface area contributed by atoms with E-state index in [1.165, 1.54) is 44.3 Å². The summed E-state index contributed by atoms with van der Waals surface area (Å²) in [6.45, 7) is 6.73. The monoisotopic (exact) mass is 886 g/mol. The molecular weight excluding hydrogens is 841 g/mol. The van der Waals surface area contributed by atoms with E-state index in [1.807, 2.05) is 12.3 Å². The van der Waals surface area contributed by atoms with Crippen molar-refractivity contribution >= 4 is 32.8 Å². The first-order valence-electron chi connectivity index (χ1n) is 23.6. The molecule has 5 heteroatoms. The van der Waals surface area contributed by atoms with Crippen molar-refractivity contribution in [2.45, 2.75) is 26.2 Å². The van der Waals surface area contributed by atoms with Crippen LogP contribution < -0.4 is 9.30 Å². The van der Waals surface area contributed by atoms with Crippen molar-refractivity contribution < 1.29 is 9.30 Å². The summed E-state index contributed by atoms with van der Waals surface area (Å²) in [6, 6.07) is 78.0. The number of ether oxygens (including phenoxy) is 1. The highest BCUT2D eigenvalue weighted by Crippen LogP contribution is 2.46. The van der Waals surface area contributed by atoms with Crippen LogP contribution in [0.1, 0.15) is 26.3 Å². The first kappa shape index (κ1) is 40.5. The summed E-state index contributed by atoms with van der Waals surface area (Å²) in [5, 5.41) is 2.32. The molecule has 13 rings (SSSR count). The second-order valence-electron chi connectivity index (χ2n) is 18.9. The molecule has 0 atom stereocenters. The van der Waals surface area contributed by atoms with E-state index in [4.69, 9.17) is 9.72 Å². The number of imidazole rings is 1. The highest BCUT2D eigenvalue weighted by Gasteiger charge is 2.27. The number of nitrogens with zero attached hydrogens (tertiary/aromatic N) is 4. The van der Waals surface area contributed by atoms with E-state index in [0.29, 0.717) is 0 Å². The zero-order valence-corrected chi connectivity index (χ0v) is 38.6. The Labute approximate surface area is 401 Å². The van der Waals surface area contributed by atoms with Gasteiger partial charge in [0.25, 0.3) is 6.33 Å². The quantitative estimate of drug-likeness (QED) is 0.123. The Morgan fingerprint density at radius 3 is 1.75 bits per heavy atom. The van der Waals surface area contributed by atoms with Gasteiger partial charge in [0.05, 0.1) is 33.4 Å². The minimum atomic E-state index is -0.0484. The Bertz CT molecular complexity index is 3970. The van der Waals surface area contributed by atoms with Crippen molar-refractivity contribution in [3.63, 3.8) is 0 Å². The van der Waals surface area contributed by atoms with Crippen molar-refractivity contribution in [2.75, 3.05) is 0 Å². The van der Waals surface area contributed by atoms with Crippen LogP contribution in [0.25, 0.3) is 106 Å². The standard InChI is InChI=1S/C64H46N4O/c1-64(2,3)44-36-37-65-60(38-44)68-57-32-16-28-48(42-18-6-4-7-19-42)61(57)56-35-34-47(40-59(56)68)69-46-23-14-22-45(39-46)66-41-67-62-49(43-20-8-5-9-21-43)29-15-30-54(62)52-26-12-10-24-50(52)51-25-11-13-27-53(51)55-31-17-33-58(66)63(55)67/h4-40H,1-3H3. The molecule has 1 aliphatic rings. The number of fused-ring (bicyclic) bond motifs is 10. The fraction of sp³-hybridized carbons (Fsp3) is 0.0625. The number of para-hydroxylation sites is 2. The van der Waals surface area contributed by atoms with Crippen molar-refractivity contribution in [1.82, 2.24) is 14.1 Å².